The maximum atomic E-state index is 11.8. The van der Waals surface area contributed by atoms with Crippen LogP contribution in [0.4, 0.5) is 0 Å². The molecule has 5 aromatic rings. The molecule has 0 fully saturated rings. The van der Waals surface area contributed by atoms with Crippen LogP contribution in [0.5, 0.6) is 0 Å². The van der Waals surface area contributed by atoms with E-state index >= 15 is 0 Å². The normalized spacial score (nSPS) is 10.3. The molecule has 0 bridgehead atoms. The Kier molecular flexibility index (Phi) is 5.26. The first kappa shape index (κ1) is 17.7. The van der Waals surface area contributed by atoms with Crippen LogP contribution in [0.2, 0.25) is 0 Å². The minimum absolute atomic E-state index is 0.0752. The van der Waals surface area contributed by atoms with Gasteiger partial charge in [-0.15, -0.1) is 0 Å². The lowest BCUT2D eigenvalue weighted by molar-refractivity contribution is 0.103. The lowest BCUT2D eigenvalue weighted by atomic mass is 10.0. The van der Waals surface area contributed by atoms with Gasteiger partial charge in [0.25, 0.3) is 0 Å². The zero-order chi connectivity index (χ0) is 19.2. The lowest BCUT2D eigenvalue weighted by Gasteiger charge is -2.02. The molecule has 0 aliphatic rings. The Morgan fingerprint density at radius 3 is 1.18 bits per heavy atom. The molecule has 0 spiro atoms. The van der Waals surface area contributed by atoms with E-state index in [0.717, 1.165) is 11.1 Å². The number of carbonyl (C=O) groups excluding carboxylic acids is 1. The van der Waals surface area contributed by atoms with Crippen molar-refractivity contribution < 1.29 is 4.79 Å². The number of hydrogen-bond acceptors (Lipinski definition) is 1. The van der Waals surface area contributed by atoms with Gasteiger partial charge in [0.1, 0.15) is 0 Å². The molecule has 0 saturated carbocycles. The Bertz CT molecular complexity index is 1110. The molecule has 0 aliphatic heterocycles. The summed E-state index contributed by atoms with van der Waals surface area (Å²) in [6.45, 7) is 0. The van der Waals surface area contributed by atoms with Crippen LogP contribution in [-0.2, 0) is 0 Å². The molecule has 0 atom stereocenters. The fourth-order valence-corrected chi connectivity index (χ4v) is 3.30. The summed E-state index contributed by atoms with van der Waals surface area (Å²) in [6.07, 6.45) is 0. The summed E-state index contributed by atoms with van der Waals surface area (Å²) in [5, 5.41) is 5.30. The molecule has 0 aromatic heterocycles. The zero-order valence-corrected chi connectivity index (χ0v) is 15.5. The topological polar surface area (TPSA) is 17.1 Å². The standard InChI is InChI=1S/C14H10.C13H10O/c1-3-7-13-11(5-1)9-10-12-6-2-4-8-14(12)13;14-13(11-7-3-1-4-8-11)12-9-5-2-6-10-12/h2*1-10H. The minimum atomic E-state index is 0.0752. The van der Waals surface area contributed by atoms with Gasteiger partial charge in [0, 0.05) is 11.1 Å². The summed E-state index contributed by atoms with van der Waals surface area (Å²) >= 11 is 0. The zero-order valence-electron chi connectivity index (χ0n) is 15.5. The molecule has 0 radical (unpaired) electrons. The highest BCUT2D eigenvalue weighted by atomic mass is 16.1. The number of benzene rings is 5. The molecular weight excluding hydrogens is 340 g/mol. The van der Waals surface area contributed by atoms with Gasteiger partial charge in [0.05, 0.1) is 0 Å². The predicted octanol–water partition coefficient (Wildman–Crippen LogP) is 6.91. The summed E-state index contributed by atoms with van der Waals surface area (Å²) in [4.78, 5) is 11.8. The van der Waals surface area contributed by atoms with E-state index in [9.17, 15) is 4.79 Å². The molecule has 0 unspecified atom stereocenters. The van der Waals surface area contributed by atoms with Crippen molar-refractivity contribution in [2.75, 3.05) is 0 Å². The summed E-state index contributed by atoms with van der Waals surface area (Å²) in [7, 11) is 0. The second-order valence-electron chi connectivity index (χ2n) is 6.57. The first-order valence-corrected chi connectivity index (χ1v) is 9.34. The predicted molar refractivity (Wildman–Crippen MR) is 118 cm³/mol. The van der Waals surface area contributed by atoms with E-state index in [1.807, 2.05) is 60.7 Å². The average Bonchev–Trinajstić information content (AvgIpc) is 2.80. The van der Waals surface area contributed by atoms with E-state index in [2.05, 4.69) is 60.7 Å². The Labute approximate surface area is 164 Å². The van der Waals surface area contributed by atoms with E-state index in [-0.39, 0.29) is 5.78 Å². The molecule has 28 heavy (non-hydrogen) atoms. The molecule has 0 saturated heterocycles. The number of rotatable bonds is 2. The van der Waals surface area contributed by atoms with Crippen molar-refractivity contribution in [3.8, 4) is 0 Å². The van der Waals surface area contributed by atoms with Crippen molar-refractivity contribution in [3.63, 3.8) is 0 Å². The fraction of sp³-hybridized carbons (Fsp3) is 0. The largest absolute Gasteiger partial charge is 0.289 e. The van der Waals surface area contributed by atoms with Crippen LogP contribution < -0.4 is 0 Å². The molecule has 0 N–H and O–H groups in total. The van der Waals surface area contributed by atoms with Crippen molar-refractivity contribution in [3.05, 3.63) is 132 Å². The second-order valence-corrected chi connectivity index (χ2v) is 6.57. The molecule has 1 nitrogen and oxygen atoms in total. The van der Waals surface area contributed by atoms with Gasteiger partial charge in [-0.3, -0.25) is 4.79 Å². The van der Waals surface area contributed by atoms with Gasteiger partial charge >= 0.3 is 0 Å². The first-order valence-electron chi connectivity index (χ1n) is 9.34. The third kappa shape index (κ3) is 3.84. The third-order valence-electron chi connectivity index (χ3n) is 4.73. The minimum Gasteiger partial charge on any atom is -0.289 e. The van der Waals surface area contributed by atoms with Crippen molar-refractivity contribution in [1.29, 1.82) is 0 Å². The molecule has 5 aromatic carbocycles. The summed E-state index contributed by atoms with van der Waals surface area (Å²) in [5.74, 6) is 0.0752. The van der Waals surface area contributed by atoms with Crippen LogP contribution in [0.15, 0.2) is 121 Å². The number of fused-ring (bicyclic) bond motifs is 3. The van der Waals surface area contributed by atoms with E-state index in [4.69, 9.17) is 0 Å². The van der Waals surface area contributed by atoms with Gasteiger partial charge in [-0.05, 0) is 21.5 Å². The van der Waals surface area contributed by atoms with Crippen LogP contribution in [-0.4, -0.2) is 5.78 Å². The summed E-state index contributed by atoms with van der Waals surface area (Å²) in [6, 6.07) is 40.0. The lowest BCUT2D eigenvalue weighted by Crippen LogP contribution is -1.99. The third-order valence-corrected chi connectivity index (χ3v) is 4.73. The smallest absolute Gasteiger partial charge is 0.193 e. The quantitative estimate of drug-likeness (QED) is 0.247. The Morgan fingerprint density at radius 1 is 0.393 bits per heavy atom. The maximum Gasteiger partial charge on any atom is 0.193 e. The van der Waals surface area contributed by atoms with Crippen LogP contribution in [0.25, 0.3) is 21.5 Å². The highest BCUT2D eigenvalue weighted by molar-refractivity contribution is 6.09. The van der Waals surface area contributed by atoms with E-state index in [1.165, 1.54) is 21.5 Å². The van der Waals surface area contributed by atoms with Crippen LogP contribution in [0.3, 0.4) is 0 Å². The SMILES string of the molecule is O=C(c1ccccc1)c1ccccc1.c1ccc2c(c1)ccc1ccccc12. The molecule has 0 amide bonds. The van der Waals surface area contributed by atoms with Crippen molar-refractivity contribution in [2.24, 2.45) is 0 Å². The van der Waals surface area contributed by atoms with E-state index in [1.54, 1.807) is 0 Å². The number of ketones is 1. The first-order chi connectivity index (χ1) is 13.8. The Morgan fingerprint density at radius 2 is 0.750 bits per heavy atom. The summed E-state index contributed by atoms with van der Waals surface area (Å²) < 4.78 is 0. The van der Waals surface area contributed by atoms with Gasteiger partial charge in [0.2, 0.25) is 0 Å². The molecule has 0 heterocycles. The van der Waals surface area contributed by atoms with E-state index in [0.29, 0.717) is 0 Å². The van der Waals surface area contributed by atoms with Crippen molar-refractivity contribution in [2.45, 2.75) is 0 Å². The van der Waals surface area contributed by atoms with Gasteiger partial charge in [-0.1, -0.05) is 121 Å². The molecular formula is C27H20O. The molecule has 0 aliphatic carbocycles. The van der Waals surface area contributed by atoms with Gasteiger partial charge in [-0.2, -0.15) is 0 Å². The Balaban J connectivity index is 0.000000137. The highest BCUT2D eigenvalue weighted by Crippen LogP contribution is 2.24. The van der Waals surface area contributed by atoms with Crippen LogP contribution >= 0.6 is 0 Å². The fourth-order valence-electron chi connectivity index (χ4n) is 3.30. The highest BCUT2D eigenvalue weighted by Gasteiger charge is 2.06. The van der Waals surface area contributed by atoms with Crippen LogP contribution in [0.1, 0.15) is 15.9 Å². The monoisotopic (exact) mass is 360 g/mol. The van der Waals surface area contributed by atoms with Crippen molar-refractivity contribution >= 4 is 27.3 Å². The number of hydrogen-bond donors (Lipinski definition) is 0. The molecule has 5 rings (SSSR count). The second kappa shape index (κ2) is 8.32. The van der Waals surface area contributed by atoms with Crippen molar-refractivity contribution in [1.82, 2.24) is 0 Å². The number of carbonyl (C=O) groups is 1. The molecule has 1 heteroatoms. The Hall–Kier alpha value is -3.71. The van der Waals surface area contributed by atoms with Gasteiger partial charge < -0.3 is 0 Å². The average molecular weight is 360 g/mol. The van der Waals surface area contributed by atoms with Crippen LogP contribution in [0, 0.1) is 0 Å². The maximum absolute atomic E-state index is 11.8. The summed E-state index contributed by atoms with van der Waals surface area (Å²) in [5.41, 5.74) is 1.47. The van der Waals surface area contributed by atoms with Gasteiger partial charge in [0.15, 0.2) is 5.78 Å². The van der Waals surface area contributed by atoms with E-state index < -0.39 is 0 Å². The van der Waals surface area contributed by atoms with Gasteiger partial charge in [-0.25, -0.2) is 0 Å². The molecule has 134 valence electrons.